The summed E-state index contributed by atoms with van der Waals surface area (Å²) in [5.74, 6) is 2.00. The quantitative estimate of drug-likeness (QED) is 0.810. The van der Waals surface area contributed by atoms with Crippen LogP contribution in [0.2, 0.25) is 0 Å². The van der Waals surface area contributed by atoms with Gasteiger partial charge in [0.1, 0.15) is 0 Å². The van der Waals surface area contributed by atoms with E-state index in [1.165, 1.54) is 64.6 Å². The lowest BCUT2D eigenvalue weighted by atomic mass is 9.97. The molecular weight excluding hydrogens is 208 g/mol. The van der Waals surface area contributed by atoms with Gasteiger partial charge < -0.3 is 5.32 Å². The minimum Gasteiger partial charge on any atom is -0.312 e. The monoisotopic (exact) mass is 236 g/mol. The van der Waals surface area contributed by atoms with Crippen molar-refractivity contribution in [2.75, 3.05) is 19.6 Å². The summed E-state index contributed by atoms with van der Waals surface area (Å²) in [5.41, 5.74) is 0. The zero-order chi connectivity index (χ0) is 11.7. The van der Waals surface area contributed by atoms with Crippen molar-refractivity contribution >= 4 is 0 Å². The molecule has 1 saturated heterocycles. The molecule has 3 aliphatic rings. The molecule has 2 heteroatoms. The number of nitrogens with zero attached hydrogens (tertiary/aromatic N) is 1. The second-order valence-electron chi connectivity index (χ2n) is 6.53. The van der Waals surface area contributed by atoms with E-state index >= 15 is 0 Å². The fourth-order valence-corrected chi connectivity index (χ4v) is 3.90. The van der Waals surface area contributed by atoms with Crippen molar-refractivity contribution in [3.05, 3.63) is 0 Å². The van der Waals surface area contributed by atoms with E-state index in [1.807, 2.05) is 0 Å². The number of nitrogens with one attached hydrogen (secondary N) is 1. The van der Waals surface area contributed by atoms with Crippen LogP contribution in [0.1, 0.15) is 51.9 Å². The normalized spacial score (nSPS) is 34.8. The Bertz CT molecular complexity index is 243. The van der Waals surface area contributed by atoms with Gasteiger partial charge in [-0.25, -0.2) is 0 Å². The van der Waals surface area contributed by atoms with Gasteiger partial charge in [-0.1, -0.05) is 12.8 Å². The lowest BCUT2D eigenvalue weighted by molar-refractivity contribution is 0.149. The molecule has 17 heavy (non-hydrogen) atoms. The van der Waals surface area contributed by atoms with E-state index in [4.69, 9.17) is 0 Å². The maximum absolute atomic E-state index is 3.78. The van der Waals surface area contributed by atoms with Gasteiger partial charge in [-0.2, -0.15) is 0 Å². The van der Waals surface area contributed by atoms with E-state index in [0.717, 1.165) is 23.9 Å². The highest BCUT2D eigenvalue weighted by atomic mass is 15.2. The fourth-order valence-electron chi connectivity index (χ4n) is 3.90. The van der Waals surface area contributed by atoms with E-state index in [0.29, 0.717) is 0 Å². The van der Waals surface area contributed by atoms with Gasteiger partial charge in [0.25, 0.3) is 0 Å². The lowest BCUT2D eigenvalue weighted by Crippen LogP contribution is -2.45. The first-order chi connectivity index (χ1) is 8.34. The Hall–Kier alpha value is -0.0800. The topological polar surface area (TPSA) is 15.3 Å². The van der Waals surface area contributed by atoms with Crippen LogP contribution in [-0.2, 0) is 0 Å². The standard InChI is InChI=1S/C15H28N2/c1-12(13-5-2-3-6-13)17-10-4-9-16-15(11-17)14-7-8-14/h12-16H,2-11H2,1H3. The van der Waals surface area contributed by atoms with Crippen molar-refractivity contribution < 1.29 is 0 Å². The van der Waals surface area contributed by atoms with E-state index in [2.05, 4.69) is 17.1 Å². The molecule has 3 fully saturated rings. The molecule has 2 saturated carbocycles. The third kappa shape index (κ3) is 2.85. The highest BCUT2D eigenvalue weighted by Crippen LogP contribution is 2.35. The fraction of sp³-hybridized carbons (Fsp3) is 1.00. The number of hydrogen-bond donors (Lipinski definition) is 1. The van der Waals surface area contributed by atoms with Crippen molar-refractivity contribution in [3.63, 3.8) is 0 Å². The van der Waals surface area contributed by atoms with E-state index < -0.39 is 0 Å². The Morgan fingerprint density at radius 2 is 1.82 bits per heavy atom. The Labute approximate surface area is 106 Å². The zero-order valence-electron chi connectivity index (χ0n) is 11.3. The van der Waals surface area contributed by atoms with Gasteiger partial charge in [0.15, 0.2) is 0 Å². The molecule has 0 aromatic carbocycles. The minimum atomic E-state index is 0.807. The molecule has 3 rings (SSSR count). The molecule has 1 aliphatic heterocycles. The molecule has 0 amide bonds. The summed E-state index contributed by atoms with van der Waals surface area (Å²) in [6.07, 6.45) is 10.2. The summed E-state index contributed by atoms with van der Waals surface area (Å²) in [6.45, 7) is 6.39. The van der Waals surface area contributed by atoms with E-state index in [1.54, 1.807) is 0 Å². The van der Waals surface area contributed by atoms with Gasteiger partial charge >= 0.3 is 0 Å². The number of rotatable bonds is 3. The van der Waals surface area contributed by atoms with Gasteiger partial charge in [0.05, 0.1) is 0 Å². The Balaban J connectivity index is 1.59. The van der Waals surface area contributed by atoms with Crippen LogP contribution in [-0.4, -0.2) is 36.6 Å². The average molecular weight is 236 g/mol. The molecule has 98 valence electrons. The number of hydrogen-bond acceptors (Lipinski definition) is 2. The van der Waals surface area contributed by atoms with E-state index in [9.17, 15) is 0 Å². The average Bonchev–Trinajstić information content (AvgIpc) is 3.08. The summed E-state index contributed by atoms with van der Waals surface area (Å²) >= 11 is 0. The summed E-state index contributed by atoms with van der Waals surface area (Å²) < 4.78 is 0. The Morgan fingerprint density at radius 1 is 1.06 bits per heavy atom. The van der Waals surface area contributed by atoms with Gasteiger partial charge in [-0.15, -0.1) is 0 Å². The first kappa shape index (κ1) is 12.0. The van der Waals surface area contributed by atoms with E-state index in [-0.39, 0.29) is 0 Å². The first-order valence-electron chi connectivity index (χ1n) is 7.82. The van der Waals surface area contributed by atoms with Crippen LogP contribution in [0.25, 0.3) is 0 Å². The smallest absolute Gasteiger partial charge is 0.0223 e. The minimum absolute atomic E-state index is 0.807. The van der Waals surface area contributed by atoms with Crippen LogP contribution in [0, 0.1) is 11.8 Å². The predicted molar refractivity (Wildman–Crippen MR) is 72.1 cm³/mol. The first-order valence-corrected chi connectivity index (χ1v) is 7.82. The summed E-state index contributed by atoms with van der Waals surface area (Å²) in [5, 5.41) is 3.78. The lowest BCUT2D eigenvalue weighted by Gasteiger charge is -2.34. The summed E-state index contributed by atoms with van der Waals surface area (Å²) in [4.78, 5) is 2.80. The molecule has 2 unspecified atom stereocenters. The molecule has 2 atom stereocenters. The molecule has 0 bridgehead atoms. The van der Waals surface area contributed by atoms with Crippen molar-refractivity contribution in [2.24, 2.45) is 11.8 Å². The van der Waals surface area contributed by atoms with Crippen LogP contribution < -0.4 is 5.32 Å². The third-order valence-corrected chi connectivity index (χ3v) is 5.31. The highest BCUT2D eigenvalue weighted by Gasteiger charge is 2.35. The van der Waals surface area contributed by atoms with Gasteiger partial charge in [-0.3, -0.25) is 4.90 Å². The van der Waals surface area contributed by atoms with Gasteiger partial charge in [0, 0.05) is 18.6 Å². The molecular formula is C15H28N2. The summed E-state index contributed by atoms with van der Waals surface area (Å²) in [6, 6.07) is 1.64. The van der Waals surface area contributed by atoms with Crippen molar-refractivity contribution in [3.8, 4) is 0 Å². The largest absolute Gasteiger partial charge is 0.312 e. The SMILES string of the molecule is CC(C1CCCC1)N1CCCNC(C2CC2)C1. The molecule has 0 radical (unpaired) electrons. The molecule has 1 N–H and O–H groups in total. The van der Waals surface area contributed by atoms with Crippen LogP contribution in [0.4, 0.5) is 0 Å². The Morgan fingerprint density at radius 3 is 2.53 bits per heavy atom. The molecule has 0 aromatic heterocycles. The predicted octanol–water partition coefficient (Wildman–Crippen LogP) is 2.64. The Kier molecular flexibility index (Phi) is 3.72. The zero-order valence-corrected chi connectivity index (χ0v) is 11.3. The molecule has 1 heterocycles. The van der Waals surface area contributed by atoms with Crippen molar-refractivity contribution in [1.82, 2.24) is 10.2 Å². The molecule has 2 aliphatic carbocycles. The second-order valence-corrected chi connectivity index (χ2v) is 6.53. The van der Waals surface area contributed by atoms with Crippen molar-refractivity contribution in [1.29, 1.82) is 0 Å². The van der Waals surface area contributed by atoms with Crippen LogP contribution in [0.5, 0.6) is 0 Å². The van der Waals surface area contributed by atoms with Crippen molar-refractivity contribution in [2.45, 2.75) is 64.0 Å². The highest BCUT2D eigenvalue weighted by molar-refractivity contribution is 4.92. The second kappa shape index (κ2) is 5.27. The summed E-state index contributed by atoms with van der Waals surface area (Å²) in [7, 11) is 0. The maximum Gasteiger partial charge on any atom is 0.0223 e. The van der Waals surface area contributed by atoms with Gasteiger partial charge in [0.2, 0.25) is 0 Å². The van der Waals surface area contributed by atoms with Crippen LogP contribution in [0.15, 0.2) is 0 Å². The molecule has 0 spiro atoms. The van der Waals surface area contributed by atoms with Gasteiger partial charge in [-0.05, 0) is 64.0 Å². The maximum atomic E-state index is 3.78. The van der Waals surface area contributed by atoms with Crippen LogP contribution >= 0.6 is 0 Å². The third-order valence-electron chi connectivity index (χ3n) is 5.31. The van der Waals surface area contributed by atoms with Crippen LogP contribution in [0.3, 0.4) is 0 Å². The molecule has 2 nitrogen and oxygen atoms in total. The molecule has 0 aromatic rings.